The molecule has 1 aromatic heterocycles. The molecule has 2 fully saturated rings. The zero-order valence-corrected chi connectivity index (χ0v) is 15.5. The number of nitrogens with one attached hydrogen (secondary N) is 1. The quantitative estimate of drug-likeness (QED) is 0.892. The van der Waals surface area contributed by atoms with Crippen LogP contribution in [0.5, 0.6) is 0 Å². The van der Waals surface area contributed by atoms with Crippen molar-refractivity contribution in [3.05, 3.63) is 23.9 Å². The molecule has 5 nitrogen and oxygen atoms in total. The van der Waals surface area contributed by atoms with Gasteiger partial charge in [-0.2, -0.15) is 0 Å². The van der Waals surface area contributed by atoms with Crippen LogP contribution in [0.1, 0.15) is 55.8 Å². The number of pyridine rings is 1. The fourth-order valence-electron chi connectivity index (χ4n) is 3.87. The third-order valence-electron chi connectivity index (χ3n) is 5.51. The maximum Gasteiger partial charge on any atom is 0.255 e. The molecule has 0 aliphatic carbocycles. The minimum Gasteiger partial charge on any atom is -0.357 e. The first-order chi connectivity index (χ1) is 12.3. The maximum absolute atomic E-state index is 12.7. The Labute approximate surface area is 151 Å². The molecule has 0 aromatic carbocycles. The lowest BCUT2D eigenvalue weighted by Gasteiger charge is -2.32. The van der Waals surface area contributed by atoms with E-state index in [1.165, 1.54) is 25.7 Å². The molecule has 2 saturated heterocycles. The van der Waals surface area contributed by atoms with Crippen molar-refractivity contribution in [1.82, 2.24) is 15.2 Å². The fourth-order valence-corrected chi connectivity index (χ4v) is 3.87. The number of amides is 1. The van der Waals surface area contributed by atoms with Crippen molar-refractivity contribution >= 4 is 11.7 Å². The van der Waals surface area contributed by atoms with Crippen LogP contribution < -0.4 is 10.2 Å². The van der Waals surface area contributed by atoms with E-state index in [1.807, 2.05) is 17.0 Å². The Kier molecular flexibility index (Phi) is 6.68. The van der Waals surface area contributed by atoms with E-state index in [4.69, 9.17) is 0 Å². The summed E-state index contributed by atoms with van der Waals surface area (Å²) in [6.45, 7) is 8.13. The summed E-state index contributed by atoms with van der Waals surface area (Å²) in [4.78, 5) is 21.6. The standard InChI is InChI=1S/C20H32N4O/c1-2-21-15-17-9-13-24(14-10-17)20(25)18-7-8-19(22-16-18)23-11-5-3-4-6-12-23/h7-8,16-17,21H,2-6,9-15H2,1H3. The molecule has 0 atom stereocenters. The van der Waals surface area contributed by atoms with Crippen LogP contribution in [0.3, 0.4) is 0 Å². The molecule has 1 amide bonds. The second kappa shape index (κ2) is 9.18. The minimum atomic E-state index is 0.136. The molecule has 0 spiro atoms. The van der Waals surface area contributed by atoms with Crippen LogP contribution in [0, 0.1) is 5.92 Å². The van der Waals surface area contributed by atoms with Gasteiger partial charge < -0.3 is 15.1 Å². The average molecular weight is 345 g/mol. The summed E-state index contributed by atoms with van der Waals surface area (Å²) in [5.74, 6) is 1.85. The largest absolute Gasteiger partial charge is 0.357 e. The zero-order chi connectivity index (χ0) is 17.5. The number of carbonyl (C=O) groups is 1. The van der Waals surface area contributed by atoms with E-state index in [0.29, 0.717) is 5.92 Å². The summed E-state index contributed by atoms with van der Waals surface area (Å²) in [6.07, 6.45) is 9.07. The van der Waals surface area contributed by atoms with Gasteiger partial charge in [-0.05, 0) is 56.8 Å². The van der Waals surface area contributed by atoms with Crippen molar-refractivity contribution < 1.29 is 4.79 Å². The van der Waals surface area contributed by atoms with Crippen molar-refractivity contribution in [2.45, 2.75) is 45.4 Å². The predicted molar refractivity (Wildman–Crippen MR) is 102 cm³/mol. The van der Waals surface area contributed by atoms with Gasteiger partial charge in [0, 0.05) is 32.4 Å². The van der Waals surface area contributed by atoms with Gasteiger partial charge in [0.05, 0.1) is 5.56 Å². The molecule has 0 radical (unpaired) electrons. The van der Waals surface area contributed by atoms with Crippen LogP contribution in [-0.4, -0.2) is 55.1 Å². The number of anilines is 1. The van der Waals surface area contributed by atoms with Gasteiger partial charge in [-0.3, -0.25) is 4.79 Å². The lowest BCUT2D eigenvalue weighted by molar-refractivity contribution is 0.0690. The van der Waals surface area contributed by atoms with Crippen molar-refractivity contribution in [3.8, 4) is 0 Å². The van der Waals surface area contributed by atoms with Crippen LogP contribution in [0.2, 0.25) is 0 Å². The molecule has 2 aliphatic heterocycles. The van der Waals surface area contributed by atoms with E-state index in [9.17, 15) is 4.79 Å². The molecular weight excluding hydrogens is 312 g/mol. The van der Waals surface area contributed by atoms with Gasteiger partial charge in [-0.25, -0.2) is 4.98 Å². The number of hydrogen-bond acceptors (Lipinski definition) is 4. The highest BCUT2D eigenvalue weighted by atomic mass is 16.2. The van der Waals surface area contributed by atoms with Crippen molar-refractivity contribution in [2.75, 3.05) is 44.2 Å². The first-order valence-corrected chi connectivity index (χ1v) is 9.99. The monoisotopic (exact) mass is 344 g/mol. The second-order valence-corrected chi connectivity index (χ2v) is 7.35. The summed E-state index contributed by atoms with van der Waals surface area (Å²) in [7, 11) is 0. The van der Waals surface area contributed by atoms with Gasteiger partial charge in [-0.15, -0.1) is 0 Å². The van der Waals surface area contributed by atoms with Crippen molar-refractivity contribution in [3.63, 3.8) is 0 Å². The number of carbonyl (C=O) groups excluding carboxylic acids is 1. The Bertz CT molecular complexity index is 529. The van der Waals surface area contributed by atoms with Crippen molar-refractivity contribution in [1.29, 1.82) is 0 Å². The van der Waals surface area contributed by atoms with Crippen molar-refractivity contribution in [2.24, 2.45) is 5.92 Å². The normalized spacial score (nSPS) is 19.7. The summed E-state index contributed by atoms with van der Waals surface area (Å²) >= 11 is 0. The molecule has 0 saturated carbocycles. The van der Waals surface area contributed by atoms with Crippen LogP contribution in [0.25, 0.3) is 0 Å². The Hall–Kier alpha value is -1.62. The number of aromatic nitrogens is 1. The third-order valence-corrected chi connectivity index (χ3v) is 5.51. The van der Waals surface area contributed by atoms with E-state index >= 15 is 0 Å². The SMILES string of the molecule is CCNCC1CCN(C(=O)c2ccc(N3CCCCCC3)nc2)CC1. The number of rotatable bonds is 5. The number of likely N-dealkylation sites (tertiary alicyclic amines) is 1. The van der Waals surface area contributed by atoms with E-state index in [2.05, 4.69) is 22.1 Å². The molecule has 3 rings (SSSR count). The highest BCUT2D eigenvalue weighted by Gasteiger charge is 2.23. The molecule has 1 aromatic rings. The third kappa shape index (κ3) is 4.94. The highest BCUT2D eigenvalue weighted by molar-refractivity contribution is 5.94. The smallest absolute Gasteiger partial charge is 0.255 e. The lowest BCUT2D eigenvalue weighted by Crippen LogP contribution is -2.40. The predicted octanol–water partition coefficient (Wildman–Crippen LogP) is 2.92. The van der Waals surface area contributed by atoms with E-state index in [1.54, 1.807) is 6.20 Å². The van der Waals surface area contributed by atoms with Crippen LogP contribution in [0.4, 0.5) is 5.82 Å². The van der Waals surface area contributed by atoms with Gasteiger partial charge in [0.2, 0.25) is 0 Å². The summed E-state index contributed by atoms with van der Waals surface area (Å²) in [5, 5.41) is 3.42. The average Bonchev–Trinajstić information content (AvgIpc) is 2.96. The molecule has 2 aliphatic rings. The number of hydrogen-bond donors (Lipinski definition) is 1. The lowest BCUT2D eigenvalue weighted by atomic mass is 9.96. The molecule has 25 heavy (non-hydrogen) atoms. The van der Waals surface area contributed by atoms with Gasteiger partial charge in [0.1, 0.15) is 5.82 Å². The number of nitrogens with zero attached hydrogens (tertiary/aromatic N) is 3. The van der Waals surface area contributed by atoms with Crippen LogP contribution in [0.15, 0.2) is 18.3 Å². The highest BCUT2D eigenvalue weighted by Crippen LogP contribution is 2.20. The molecule has 0 unspecified atom stereocenters. The molecule has 0 bridgehead atoms. The molecule has 1 N–H and O–H groups in total. The Balaban J connectivity index is 1.54. The topological polar surface area (TPSA) is 48.5 Å². The zero-order valence-electron chi connectivity index (χ0n) is 15.5. The van der Waals surface area contributed by atoms with E-state index < -0.39 is 0 Å². The first-order valence-electron chi connectivity index (χ1n) is 9.99. The Morgan fingerprint density at radius 1 is 1.12 bits per heavy atom. The van der Waals surface area contributed by atoms with E-state index in [-0.39, 0.29) is 5.91 Å². The number of piperidine rings is 1. The summed E-state index contributed by atoms with van der Waals surface area (Å²) < 4.78 is 0. The summed E-state index contributed by atoms with van der Waals surface area (Å²) in [6, 6.07) is 3.98. The van der Waals surface area contributed by atoms with E-state index in [0.717, 1.165) is 63.5 Å². The van der Waals surface area contributed by atoms with Crippen LogP contribution >= 0.6 is 0 Å². The molecular formula is C20H32N4O. The Morgan fingerprint density at radius 3 is 2.44 bits per heavy atom. The van der Waals surface area contributed by atoms with Gasteiger partial charge >= 0.3 is 0 Å². The minimum absolute atomic E-state index is 0.136. The molecule has 3 heterocycles. The first kappa shape index (κ1) is 18.2. The van der Waals surface area contributed by atoms with Gasteiger partial charge in [0.15, 0.2) is 0 Å². The Morgan fingerprint density at radius 2 is 1.84 bits per heavy atom. The van der Waals surface area contributed by atoms with Gasteiger partial charge in [0.25, 0.3) is 5.91 Å². The molecule has 138 valence electrons. The van der Waals surface area contributed by atoms with Crippen LogP contribution in [-0.2, 0) is 0 Å². The molecule has 5 heteroatoms. The second-order valence-electron chi connectivity index (χ2n) is 7.35. The fraction of sp³-hybridized carbons (Fsp3) is 0.700. The summed E-state index contributed by atoms with van der Waals surface area (Å²) in [5.41, 5.74) is 0.726. The maximum atomic E-state index is 12.7. The van der Waals surface area contributed by atoms with Gasteiger partial charge in [-0.1, -0.05) is 19.8 Å².